The van der Waals surface area contributed by atoms with E-state index in [-0.39, 0.29) is 5.69 Å². The third kappa shape index (κ3) is 2.52. The van der Waals surface area contributed by atoms with Crippen molar-refractivity contribution in [3.63, 3.8) is 0 Å². The van der Waals surface area contributed by atoms with E-state index in [1.807, 2.05) is 0 Å². The number of nitrogens with zero attached hydrogens (tertiary/aromatic N) is 1. The molecule has 2 aromatic carbocycles. The lowest BCUT2D eigenvalue weighted by molar-refractivity contribution is 0.204. The zero-order valence-electron chi connectivity index (χ0n) is 9.48. The first kappa shape index (κ1) is 12.9. The lowest BCUT2D eigenvalue weighted by Gasteiger charge is -2.20. The number of carbonyl (C=O) groups is 1. The molecule has 0 bridgehead atoms. The summed E-state index contributed by atoms with van der Waals surface area (Å²) in [5, 5.41) is 9.10. The van der Waals surface area contributed by atoms with Gasteiger partial charge in [0.15, 0.2) is 11.6 Å². The molecular weight excluding hydrogens is 259 g/mol. The highest BCUT2D eigenvalue weighted by Crippen LogP contribution is 2.31. The summed E-state index contributed by atoms with van der Waals surface area (Å²) in [5.41, 5.74) is -0.778. The molecule has 19 heavy (non-hydrogen) atoms. The van der Waals surface area contributed by atoms with Gasteiger partial charge in [0.1, 0.15) is 11.5 Å². The van der Waals surface area contributed by atoms with Crippen molar-refractivity contribution in [2.24, 2.45) is 0 Å². The zero-order chi connectivity index (χ0) is 14.0. The van der Waals surface area contributed by atoms with Crippen LogP contribution in [0.15, 0.2) is 42.5 Å². The van der Waals surface area contributed by atoms with Crippen molar-refractivity contribution < 1.29 is 23.1 Å². The maximum atomic E-state index is 13.6. The molecule has 0 aliphatic heterocycles. The molecule has 0 saturated heterocycles. The van der Waals surface area contributed by atoms with E-state index in [4.69, 9.17) is 5.11 Å². The van der Waals surface area contributed by atoms with Gasteiger partial charge in [0.05, 0.1) is 5.69 Å². The summed E-state index contributed by atoms with van der Waals surface area (Å²) in [6.07, 6.45) is -1.57. The smallest absolute Gasteiger partial charge is 0.416 e. The van der Waals surface area contributed by atoms with E-state index < -0.39 is 29.2 Å². The summed E-state index contributed by atoms with van der Waals surface area (Å²) in [5.74, 6) is -3.69. The molecule has 0 spiro atoms. The van der Waals surface area contributed by atoms with Crippen LogP contribution in [-0.4, -0.2) is 11.2 Å². The Morgan fingerprint density at radius 3 is 2.00 bits per heavy atom. The van der Waals surface area contributed by atoms with Crippen LogP contribution in [0.4, 0.5) is 29.3 Å². The molecule has 0 aliphatic rings. The molecule has 0 saturated carbocycles. The van der Waals surface area contributed by atoms with Crippen LogP contribution in [0.3, 0.4) is 0 Å². The van der Waals surface area contributed by atoms with Gasteiger partial charge in [-0.1, -0.05) is 18.2 Å². The average Bonchev–Trinajstić information content (AvgIpc) is 2.34. The van der Waals surface area contributed by atoms with Gasteiger partial charge >= 0.3 is 6.09 Å². The minimum atomic E-state index is -1.57. The highest BCUT2D eigenvalue weighted by Gasteiger charge is 2.24. The third-order valence-electron chi connectivity index (χ3n) is 2.41. The molecule has 0 aromatic heterocycles. The second kappa shape index (κ2) is 5.01. The molecule has 3 nitrogen and oxygen atoms in total. The lowest BCUT2D eigenvalue weighted by atomic mass is 10.2. The van der Waals surface area contributed by atoms with E-state index in [0.717, 1.165) is 0 Å². The number of anilines is 2. The summed E-state index contributed by atoms with van der Waals surface area (Å²) in [7, 11) is 0. The first-order valence-corrected chi connectivity index (χ1v) is 5.23. The normalized spacial score (nSPS) is 10.3. The lowest BCUT2D eigenvalue weighted by Crippen LogP contribution is -2.25. The van der Waals surface area contributed by atoms with Crippen molar-refractivity contribution in [1.82, 2.24) is 0 Å². The van der Waals surface area contributed by atoms with Gasteiger partial charge in [0.2, 0.25) is 0 Å². The summed E-state index contributed by atoms with van der Waals surface area (Å²) in [4.78, 5) is 11.6. The third-order valence-corrected chi connectivity index (χ3v) is 2.41. The van der Waals surface area contributed by atoms with Crippen LogP contribution in [0, 0.1) is 17.5 Å². The molecule has 1 N–H and O–H groups in total. The minimum absolute atomic E-state index is 0.0550. The van der Waals surface area contributed by atoms with Gasteiger partial charge in [-0.15, -0.1) is 0 Å². The Kier molecular flexibility index (Phi) is 3.41. The fraction of sp³-hybridized carbons (Fsp3) is 0. The van der Waals surface area contributed by atoms with E-state index in [0.29, 0.717) is 17.0 Å². The number of benzene rings is 2. The van der Waals surface area contributed by atoms with Crippen molar-refractivity contribution in [2.45, 2.75) is 0 Å². The highest BCUT2D eigenvalue weighted by atomic mass is 19.1. The number of rotatable bonds is 2. The predicted octanol–water partition coefficient (Wildman–Crippen LogP) is 3.92. The van der Waals surface area contributed by atoms with Gasteiger partial charge in [-0.3, -0.25) is 0 Å². The molecule has 2 aromatic rings. The molecule has 0 unspecified atom stereocenters. The van der Waals surface area contributed by atoms with Crippen molar-refractivity contribution in [1.29, 1.82) is 0 Å². The summed E-state index contributed by atoms with van der Waals surface area (Å²) in [6.45, 7) is 0. The maximum Gasteiger partial charge on any atom is 0.416 e. The Morgan fingerprint density at radius 1 is 1.00 bits per heavy atom. The Hall–Kier alpha value is -2.50. The number of amides is 1. The van der Waals surface area contributed by atoms with E-state index in [1.165, 1.54) is 24.3 Å². The van der Waals surface area contributed by atoms with Crippen LogP contribution in [0.2, 0.25) is 0 Å². The second-order valence-corrected chi connectivity index (χ2v) is 3.67. The van der Waals surface area contributed by atoms with E-state index in [9.17, 15) is 18.0 Å². The van der Waals surface area contributed by atoms with Crippen molar-refractivity contribution >= 4 is 17.5 Å². The molecule has 1 amide bonds. The minimum Gasteiger partial charge on any atom is -0.464 e. The fourth-order valence-electron chi connectivity index (χ4n) is 1.66. The molecule has 0 atom stereocenters. The molecule has 0 heterocycles. The zero-order valence-corrected chi connectivity index (χ0v) is 9.48. The molecule has 0 fully saturated rings. The van der Waals surface area contributed by atoms with Crippen LogP contribution >= 0.6 is 0 Å². The molecule has 2 rings (SSSR count). The second-order valence-electron chi connectivity index (χ2n) is 3.67. The van der Waals surface area contributed by atoms with Gasteiger partial charge in [-0.25, -0.2) is 22.9 Å². The van der Waals surface area contributed by atoms with Crippen molar-refractivity contribution in [3.05, 3.63) is 59.9 Å². The average molecular weight is 267 g/mol. The first-order valence-electron chi connectivity index (χ1n) is 5.23. The Balaban J connectivity index is 2.62. The fourth-order valence-corrected chi connectivity index (χ4v) is 1.66. The van der Waals surface area contributed by atoms with Crippen LogP contribution in [-0.2, 0) is 0 Å². The highest BCUT2D eigenvalue weighted by molar-refractivity contribution is 5.95. The van der Waals surface area contributed by atoms with Crippen LogP contribution in [0.25, 0.3) is 0 Å². The molecule has 98 valence electrons. The monoisotopic (exact) mass is 267 g/mol. The SMILES string of the molecule is O=C(O)N(c1ccccc1)c1c(F)cc(F)cc1F. The van der Waals surface area contributed by atoms with Gasteiger partial charge in [-0.05, 0) is 12.1 Å². The summed E-state index contributed by atoms with van der Waals surface area (Å²) in [6, 6.07) is 8.26. The van der Waals surface area contributed by atoms with Crippen molar-refractivity contribution in [3.8, 4) is 0 Å². The number of hydrogen-bond acceptors (Lipinski definition) is 1. The quantitative estimate of drug-likeness (QED) is 0.895. The number of carboxylic acid groups (broad SMARTS) is 1. The summed E-state index contributed by atoms with van der Waals surface area (Å²) >= 11 is 0. The van der Waals surface area contributed by atoms with E-state index >= 15 is 0 Å². The van der Waals surface area contributed by atoms with Crippen molar-refractivity contribution in [2.75, 3.05) is 4.90 Å². The Bertz CT molecular complexity index is 594. The summed E-state index contributed by atoms with van der Waals surface area (Å²) < 4.78 is 40.1. The molecule has 0 aliphatic carbocycles. The number of halogens is 3. The molecule has 0 radical (unpaired) electrons. The maximum absolute atomic E-state index is 13.6. The predicted molar refractivity (Wildman–Crippen MR) is 62.9 cm³/mol. The van der Waals surface area contributed by atoms with Gasteiger partial charge in [0.25, 0.3) is 0 Å². The van der Waals surface area contributed by atoms with Gasteiger partial charge < -0.3 is 5.11 Å². The number of para-hydroxylation sites is 1. The molecular formula is C13H8F3NO2. The van der Waals surface area contributed by atoms with Gasteiger partial charge in [-0.2, -0.15) is 0 Å². The van der Waals surface area contributed by atoms with Gasteiger partial charge in [0, 0.05) is 12.1 Å². The Morgan fingerprint density at radius 2 is 1.53 bits per heavy atom. The standard InChI is InChI=1S/C13H8F3NO2/c14-8-6-10(15)12(11(16)7-8)17(13(18)19)9-4-2-1-3-5-9/h1-7H,(H,18,19). The molecule has 6 heteroatoms. The van der Waals surface area contributed by atoms with Crippen LogP contribution < -0.4 is 4.90 Å². The Labute approximate surface area is 106 Å². The van der Waals surface area contributed by atoms with Crippen LogP contribution in [0.1, 0.15) is 0 Å². The van der Waals surface area contributed by atoms with E-state index in [1.54, 1.807) is 6.07 Å². The topological polar surface area (TPSA) is 40.5 Å². The van der Waals surface area contributed by atoms with Crippen LogP contribution in [0.5, 0.6) is 0 Å². The van der Waals surface area contributed by atoms with E-state index in [2.05, 4.69) is 0 Å². The number of hydrogen-bond donors (Lipinski definition) is 1. The largest absolute Gasteiger partial charge is 0.464 e. The first-order chi connectivity index (χ1) is 9.00.